The van der Waals surface area contributed by atoms with Crippen molar-refractivity contribution in [2.24, 2.45) is 5.92 Å². The summed E-state index contributed by atoms with van der Waals surface area (Å²) in [4.78, 5) is 12.1. The molecule has 6 nitrogen and oxygen atoms in total. The molecule has 0 saturated heterocycles. The second-order valence-electron chi connectivity index (χ2n) is 6.87. The van der Waals surface area contributed by atoms with E-state index in [-0.39, 0.29) is 11.9 Å². The zero-order valence-corrected chi connectivity index (χ0v) is 16.4. The molecule has 0 spiro atoms. The molecule has 3 N–H and O–H groups in total. The van der Waals surface area contributed by atoms with Gasteiger partial charge in [0, 0.05) is 13.0 Å². The number of ether oxygens (including phenoxy) is 1. The molecule has 0 saturated carbocycles. The first-order valence-corrected chi connectivity index (χ1v) is 9.51. The molecular weight excluding hydrogens is 363 g/mol. The van der Waals surface area contributed by atoms with Crippen molar-refractivity contribution < 1.29 is 23.5 Å². The molecule has 7 heteroatoms. The molecule has 2 rings (SSSR count). The lowest BCUT2D eigenvalue weighted by atomic mass is 9.91. The Hall–Kier alpha value is -2.22. The van der Waals surface area contributed by atoms with E-state index in [0.717, 1.165) is 36.5 Å². The fourth-order valence-electron chi connectivity index (χ4n) is 3.18. The molecule has 2 atom stereocenters. The molecule has 0 aliphatic carbocycles. The average molecular weight is 392 g/mol. The molecule has 28 heavy (non-hydrogen) atoms. The number of benzene rings is 1. The van der Waals surface area contributed by atoms with E-state index in [1.807, 2.05) is 19.1 Å². The van der Waals surface area contributed by atoms with Crippen LogP contribution in [0.2, 0.25) is 0 Å². The number of aryl methyl sites for hydroxylation is 1. The largest absolute Gasteiger partial charge is 0.465 e. The monoisotopic (exact) mass is 392 g/mol. The number of amides is 1. The zero-order valence-electron chi connectivity index (χ0n) is 16.4. The molecule has 0 aliphatic rings. The maximum absolute atomic E-state index is 13.1. The van der Waals surface area contributed by atoms with Gasteiger partial charge in [0.15, 0.2) is 0 Å². The van der Waals surface area contributed by atoms with Crippen LogP contribution in [0.5, 0.6) is 0 Å². The van der Waals surface area contributed by atoms with E-state index in [9.17, 15) is 9.18 Å². The van der Waals surface area contributed by atoms with E-state index >= 15 is 0 Å². The topological polar surface area (TPSA) is 83.7 Å². The number of furan rings is 1. The smallest absolute Gasteiger partial charge is 0.246 e. The number of nitrogens with one attached hydrogen (secondary N) is 2. The third kappa shape index (κ3) is 7.07. The highest BCUT2D eigenvalue weighted by atomic mass is 19.1. The lowest BCUT2D eigenvalue weighted by molar-refractivity contribution is -0.135. The van der Waals surface area contributed by atoms with Crippen LogP contribution in [0.15, 0.2) is 40.8 Å². The van der Waals surface area contributed by atoms with Crippen LogP contribution in [0.1, 0.15) is 48.9 Å². The Balaban J connectivity index is 1.78. The fraction of sp³-hybridized carbons (Fsp3) is 0.476. The SMILES string of the molecule is CO[C@H](C[C@H](CCCCNCc1ccc(C)o1)C(=O)NO)c1ccc(F)cc1. The normalized spacial score (nSPS) is 13.3. The highest BCUT2D eigenvalue weighted by Gasteiger charge is 2.23. The Kier molecular flexibility index (Phi) is 9.13. The number of hydrogen-bond donors (Lipinski definition) is 3. The van der Waals surface area contributed by atoms with Gasteiger partial charge in [0.05, 0.1) is 12.6 Å². The van der Waals surface area contributed by atoms with E-state index in [2.05, 4.69) is 5.32 Å². The molecule has 0 unspecified atom stereocenters. The summed E-state index contributed by atoms with van der Waals surface area (Å²) in [5.74, 6) is 0.650. The van der Waals surface area contributed by atoms with Gasteiger partial charge in [0.1, 0.15) is 17.3 Å². The van der Waals surface area contributed by atoms with Gasteiger partial charge in [-0.15, -0.1) is 0 Å². The van der Waals surface area contributed by atoms with Crippen molar-refractivity contribution in [1.29, 1.82) is 0 Å². The van der Waals surface area contributed by atoms with Crippen LogP contribution >= 0.6 is 0 Å². The minimum Gasteiger partial charge on any atom is -0.465 e. The van der Waals surface area contributed by atoms with Crippen molar-refractivity contribution in [1.82, 2.24) is 10.8 Å². The van der Waals surface area contributed by atoms with Crippen molar-refractivity contribution in [3.05, 3.63) is 59.3 Å². The van der Waals surface area contributed by atoms with Gasteiger partial charge in [-0.1, -0.05) is 18.6 Å². The van der Waals surface area contributed by atoms with Crippen LogP contribution in [0.4, 0.5) is 4.39 Å². The van der Waals surface area contributed by atoms with E-state index < -0.39 is 11.8 Å². The summed E-state index contributed by atoms with van der Waals surface area (Å²) in [6.45, 7) is 3.39. The molecule has 0 aliphatic heterocycles. The molecule has 154 valence electrons. The van der Waals surface area contributed by atoms with E-state index in [0.29, 0.717) is 19.4 Å². The number of hydrogen-bond acceptors (Lipinski definition) is 5. The maximum atomic E-state index is 13.1. The molecule has 1 aromatic carbocycles. The van der Waals surface area contributed by atoms with Crippen molar-refractivity contribution in [2.75, 3.05) is 13.7 Å². The number of halogens is 1. The Morgan fingerprint density at radius 3 is 2.57 bits per heavy atom. The predicted molar refractivity (Wildman–Crippen MR) is 103 cm³/mol. The quantitative estimate of drug-likeness (QED) is 0.290. The highest BCUT2D eigenvalue weighted by molar-refractivity contribution is 5.77. The maximum Gasteiger partial charge on any atom is 0.246 e. The first-order chi connectivity index (χ1) is 13.5. The minimum atomic E-state index is -0.428. The number of methoxy groups -OCH3 is 1. The van der Waals surface area contributed by atoms with Crippen LogP contribution in [-0.4, -0.2) is 24.8 Å². The van der Waals surface area contributed by atoms with E-state index in [1.165, 1.54) is 12.1 Å². The summed E-state index contributed by atoms with van der Waals surface area (Å²) in [7, 11) is 1.56. The Bertz CT molecular complexity index is 717. The number of carbonyl (C=O) groups excluding carboxylic acids is 1. The van der Waals surface area contributed by atoms with E-state index in [4.69, 9.17) is 14.4 Å². The van der Waals surface area contributed by atoms with Crippen molar-refractivity contribution in [2.45, 2.75) is 45.3 Å². The summed E-state index contributed by atoms with van der Waals surface area (Å²) in [5, 5.41) is 12.4. The molecule has 1 aromatic heterocycles. The number of carbonyl (C=O) groups is 1. The van der Waals surface area contributed by atoms with Crippen molar-refractivity contribution >= 4 is 5.91 Å². The first kappa shape index (κ1) is 22.1. The lowest BCUT2D eigenvalue weighted by Crippen LogP contribution is -2.29. The zero-order chi connectivity index (χ0) is 20.4. The third-order valence-electron chi connectivity index (χ3n) is 4.76. The molecule has 0 fully saturated rings. The summed E-state index contributed by atoms with van der Waals surface area (Å²) < 4.78 is 24.1. The van der Waals surface area contributed by atoms with Gasteiger partial charge in [0.2, 0.25) is 5.91 Å². The Morgan fingerprint density at radius 1 is 1.21 bits per heavy atom. The van der Waals surface area contributed by atoms with Crippen LogP contribution in [0.3, 0.4) is 0 Å². The molecular formula is C21H29FN2O4. The molecule has 0 bridgehead atoms. The second kappa shape index (κ2) is 11.6. The number of unbranched alkanes of at least 4 members (excludes halogenated alkanes) is 1. The fourth-order valence-corrected chi connectivity index (χ4v) is 3.18. The number of hydroxylamine groups is 1. The summed E-state index contributed by atoms with van der Waals surface area (Å²) in [5.41, 5.74) is 2.55. The van der Waals surface area contributed by atoms with Crippen molar-refractivity contribution in [3.63, 3.8) is 0 Å². The van der Waals surface area contributed by atoms with E-state index in [1.54, 1.807) is 24.7 Å². The van der Waals surface area contributed by atoms with Gasteiger partial charge in [-0.2, -0.15) is 0 Å². The van der Waals surface area contributed by atoms with Gasteiger partial charge in [0.25, 0.3) is 0 Å². The van der Waals surface area contributed by atoms with Crippen LogP contribution < -0.4 is 10.8 Å². The standard InChI is InChI=1S/C21H29FN2O4/c1-15-6-11-19(28-15)14-23-12-4-3-5-17(21(25)24-26)13-20(27-2)16-7-9-18(22)10-8-16/h6-11,17,20,23,26H,3-5,12-14H2,1-2H3,(H,24,25)/t17-,20+/m0/s1. The molecule has 1 amide bonds. The van der Waals surface area contributed by atoms with Crippen LogP contribution in [-0.2, 0) is 16.1 Å². The Labute approximate surface area is 165 Å². The lowest BCUT2D eigenvalue weighted by Gasteiger charge is -2.22. The highest BCUT2D eigenvalue weighted by Crippen LogP contribution is 2.27. The predicted octanol–water partition coefficient (Wildman–Crippen LogP) is 3.89. The van der Waals surface area contributed by atoms with Gasteiger partial charge >= 0.3 is 0 Å². The van der Waals surface area contributed by atoms with Gasteiger partial charge in [-0.05, 0) is 62.6 Å². The third-order valence-corrected chi connectivity index (χ3v) is 4.76. The van der Waals surface area contributed by atoms with Crippen LogP contribution in [0.25, 0.3) is 0 Å². The summed E-state index contributed by atoms with van der Waals surface area (Å²) in [6.07, 6.45) is 2.40. The first-order valence-electron chi connectivity index (χ1n) is 9.51. The minimum absolute atomic E-state index is 0.319. The Morgan fingerprint density at radius 2 is 1.96 bits per heavy atom. The van der Waals surface area contributed by atoms with Crippen LogP contribution in [0, 0.1) is 18.7 Å². The summed E-state index contributed by atoms with van der Waals surface area (Å²) in [6, 6.07) is 9.92. The second-order valence-corrected chi connectivity index (χ2v) is 6.87. The van der Waals surface area contributed by atoms with Crippen molar-refractivity contribution in [3.8, 4) is 0 Å². The number of rotatable bonds is 12. The molecule has 0 radical (unpaired) electrons. The molecule has 1 heterocycles. The molecule has 2 aromatic rings. The average Bonchev–Trinajstić information content (AvgIpc) is 3.12. The van der Waals surface area contributed by atoms with Gasteiger partial charge in [-0.3, -0.25) is 10.0 Å². The summed E-state index contributed by atoms with van der Waals surface area (Å²) >= 11 is 0. The van der Waals surface area contributed by atoms with Gasteiger partial charge < -0.3 is 14.5 Å². The van der Waals surface area contributed by atoms with Gasteiger partial charge in [-0.25, -0.2) is 9.87 Å².